The fourth-order valence-electron chi connectivity index (χ4n) is 2.31. The van der Waals surface area contributed by atoms with Gasteiger partial charge in [0.05, 0.1) is 11.1 Å². The molecule has 1 aromatic heterocycles. The third-order valence-corrected chi connectivity index (χ3v) is 4.09. The van der Waals surface area contributed by atoms with Gasteiger partial charge in [-0.15, -0.1) is 11.8 Å². The number of pyridine rings is 1. The molecule has 3 nitrogen and oxygen atoms in total. The number of aromatic nitrogens is 1. The summed E-state index contributed by atoms with van der Waals surface area (Å²) in [5.74, 6) is 0. The molecule has 0 bridgehead atoms. The molecular weight excluding hydrogens is 232 g/mol. The van der Waals surface area contributed by atoms with Crippen LogP contribution in [0.1, 0.15) is 31.4 Å². The molecule has 1 saturated heterocycles. The SMILES string of the molecule is CSc1ccc([C@H](C)N2CCC[C@H](O)C2)cn1. The van der Waals surface area contributed by atoms with E-state index in [1.807, 2.05) is 12.5 Å². The van der Waals surface area contributed by atoms with E-state index in [0.717, 1.165) is 31.0 Å². The van der Waals surface area contributed by atoms with E-state index in [1.54, 1.807) is 11.8 Å². The zero-order valence-corrected chi connectivity index (χ0v) is 11.3. The molecular formula is C13H20N2OS. The molecule has 1 fully saturated rings. The summed E-state index contributed by atoms with van der Waals surface area (Å²) >= 11 is 1.66. The highest BCUT2D eigenvalue weighted by Gasteiger charge is 2.22. The summed E-state index contributed by atoms with van der Waals surface area (Å²) in [6.45, 7) is 4.04. The maximum absolute atomic E-state index is 9.70. The summed E-state index contributed by atoms with van der Waals surface area (Å²) in [5.41, 5.74) is 1.23. The molecule has 4 heteroatoms. The number of hydrogen-bond donors (Lipinski definition) is 1. The standard InChI is InChI=1S/C13H20N2OS/c1-10(15-7-3-4-12(16)9-15)11-5-6-13(17-2)14-8-11/h5-6,8,10,12,16H,3-4,7,9H2,1-2H3/t10-,12-/m0/s1. The van der Waals surface area contributed by atoms with Gasteiger partial charge in [-0.05, 0) is 44.2 Å². The van der Waals surface area contributed by atoms with Crippen LogP contribution in [-0.2, 0) is 0 Å². The zero-order chi connectivity index (χ0) is 12.3. The third kappa shape index (κ3) is 3.21. The Labute approximate surface area is 107 Å². The topological polar surface area (TPSA) is 36.4 Å². The smallest absolute Gasteiger partial charge is 0.0957 e. The van der Waals surface area contributed by atoms with Crippen molar-refractivity contribution in [2.24, 2.45) is 0 Å². The van der Waals surface area contributed by atoms with E-state index in [-0.39, 0.29) is 6.10 Å². The van der Waals surface area contributed by atoms with Crippen LogP contribution in [0.2, 0.25) is 0 Å². The lowest BCUT2D eigenvalue weighted by molar-refractivity contribution is 0.0503. The molecule has 1 aliphatic rings. The van der Waals surface area contributed by atoms with Gasteiger partial charge in [-0.1, -0.05) is 6.07 Å². The number of rotatable bonds is 3. The van der Waals surface area contributed by atoms with E-state index in [4.69, 9.17) is 0 Å². The van der Waals surface area contributed by atoms with Crippen LogP contribution in [0.25, 0.3) is 0 Å². The van der Waals surface area contributed by atoms with Crippen molar-refractivity contribution in [2.75, 3.05) is 19.3 Å². The van der Waals surface area contributed by atoms with Crippen molar-refractivity contribution in [1.82, 2.24) is 9.88 Å². The van der Waals surface area contributed by atoms with Gasteiger partial charge in [0.2, 0.25) is 0 Å². The first-order valence-electron chi connectivity index (χ1n) is 6.12. The van der Waals surface area contributed by atoms with Crippen LogP contribution in [0.3, 0.4) is 0 Å². The molecule has 0 radical (unpaired) electrons. The Kier molecular flexibility index (Phi) is 4.42. The second kappa shape index (κ2) is 5.85. The van der Waals surface area contributed by atoms with Crippen LogP contribution < -0.4 is 0 Å². The van der Waals surface area contributed by atoms with Crippen LogP contribution >= 0.6 is 11.8 Å². The van der Waals surface area contributed by atoms with E-state index >= 15 is 0 Å². The van der Waals surface area contributed by atoms with Crippen molar-refractivity contribution in [3.8, 4) is 0 Å². The Bertz CT molecular complexity index is 355. The first-order valence-corrected chi connectivity index (χ1v) is 7.35. The second-order valence-electron chi connectivity index (χ2n) is 4.60. The number of nitrogens with zero attached hydrogens (tertiary/aromatic N) is 2. The average Bonchev–Trinajstić information content (AvgIpc) is 2.38. The Morgan fingerprint density at radius 2 is 2.35 bits per heavy atom. The number of piperidine rings is 1. The summed E-state index contributed by atoms with van der Waals surface area (Å²) in [6, 6.07) is 4.55. The van der Waals surface area contributed by atoms with Crippen LogP contribution in [0, 0.1) is 0 Å². The Morgan fingerprint density at radius 3 is 2.94 bits per heavy atom. The Balaban J connectivity index is 2.04. The van der Waals surface area contributed by atoms with E-state index in [2.05, 4.69) is 28.9 Å². The average molecular weight is 252 g/mol. The van der Waals surface area contributed by atoms with Crippen LogP contribution in [0.15, 0.2) is 23.4 Å². The van der Waals surface area contributed by atoms with Gasteiger partial charge in [-0.3, -0.25) is 4.90 Å². The van der Waals surface area contributed by atoms with Crippen molar-refractivity contribution in [2.45, 2.75) is 36.9 Å². The molecule has 1 N–H and O–H groups in total. The summed E-state index contributed by atoms with van der Waals surface area (Å²) in [5, 5.41) is 10.8. The normalized spacial score (nSPS) is 23.6. The van der Waals surface area contributed by atoms with Gasteiger partial charge >= 0.3 is 0 Å². The molecule has 0 saturated carbocycles. The van der Waals surface area contributed by atoms with Crippen molar-refractivity contribution in [3.05, 3.63) is 23.9 Å². The molecule has 2 atom stereocenters. The van der Waals surface area contributed by atoms with Gasteiger partial charge in [-0.25, -0.2) is 4.98 Å². The monoisotopic (exact) mass is 252 g/mol. The summed E-state index contributed by atoms with van der Waals surface area (Å²) in [6.07, 6.45) is 5.85. The van der Waals surface area contributed by atoms with Crippen molar-refractivity contribution in [3.63, 3.8) is 0 Å². The molecule has 2 rings (SSSR count). The minimum Gasteiger partial charge on any atom is -0.392 e. The third-order valence-electron chi connectivity index (χ3n) is 3.43. The van der Waals surface area contributed by atoms with E-state index < -0.39 is 0 Å². The lowest BCUT2D eigenvalue weighted by Gasteiger charge is -2.34. The molecule has 0 aromatic carbocycles. The molecule has 94 valence electrons. The predicted molar refractivity (Wildman–Crippen MR) is 71.2 cm³/mol. The first kappa shape index (κ1) is 12.9. The van der Waals surface area contributed by atoms with E-state index in [1.165, 1.54) is 5.56 Å². The largest absolute Gasteiger partial charge is 0.392 e. The van der Waals surface area contributed by atoms with Crippen molar-refractivity contribution >= 4 is 11.8 Å². The minimum absolute atomic E-state index is 0.162. The molecule has 1 aromatic rings. The van der Waals surface area contributed by atoms with Crippen LogP contribution in [0.5, 0.6) is 0 Å². The quantitative estimate of drug-likeness (QED) is 0.838. The van der Waals surface area contributed by atoms with Crippen molar-refractivity contribution in [1.29, 1.82) is 0 Å². The fraction of sp³-hybridized carbons (Fsp3) is 0.615. The second-order valence-corrected chi connectivity index (χ2v) is 5.43. The lowest BCUT2D eigenvalue weighted by Crippen LogP contribution is -2.39. The maximum atomic E-state index is 9.70. The van der Waals surface area contributed by atoms with Crippen LogP contribution in [0.4, 0.5) is 0 Å². The number of β-amino-alcohol motifs (C(OH)–C–C–N with tert-alkyl or cyclic N) is 1. The zero-order valence-electron chi connectivity index (χ0n) is 10.5. The molecule has 1 aliphatic heterocycles. The summed E-state index contributed by atoms with van der Waals surface area (Å²) in [4.78, 5) is 6.74. The molecule has 17 heavy (non-hydrogen) atoms. The highest BCUT2D eigenvalue weighted by Crippen LogP contribution is 2.24. The number of likely N-dealkylation sites (tertiary alicyclic amines) is 1. The van der Waals surface area contributed by atoms with E-state index in [9.17, 15) is 5.11 Å². The highest BCUT2D eigenvalue weighted by atomic mass is 32.2. The molecule has 2 heterocycles. The molecule has 0 unspecified atom stereocenters. The van der Waals surface area contributed by atoms with Gasteiger partial charge in [0.15, 0.2) is 0 Å². The van der Waals surface area contributed by atoms with E-state index in [0.29, 0.717) is 6.04 Å². The first-order chi connectivity index (χ1) is 8.20. The maximum Gasteiger partial charge on any atom is 0.0957 e. The summed E-state index contributed by atoms with van der Waals surface area (Å²) in [7, 11) is 0. The van der Waals surface area contributed by atoms with Gasteiger partial charge in [0.1, 0.15) is 0 Å². The lowest BCUT2D eigenvalue weighted by atomic mass is 10.0. The molecule has 0 amide bonds. The Hall–Kier alpha value is -0.580. The number of hydrogen-bond acceptors (Lipinski definition) is 4. The number of aliphatic hydroxyl groups is 1. The highest BCUT2D eigenvalue weighted by molar-refractivity contribution is 7.98. The Morgan fingerprint density at radius 1 is 1.53 bits per heavy atom. The van der Waals surface area contributed by atoms with Gasteiger partial charge in [0, 0.05) is 18.8 Å². The van der Waals surface area contributed by atoms with Crippen molar-refractivity contribution < 1.29 is 5.11 Å². The van der Waals surface area contributed by atoms with Gasteiger partial charge < -0.3 is 5.11 Å². The molecule has 0 aliphatic carbocycles. The van der Waals surface area contributed by atoms with Gasteiger partial charge in [-0.2, -0.15) is 0 Å². The number of aliphatic hydroxyl groups excluding tert-OH is 1. The van der Waals surface area contributed by atoms with Gasteiger partial charge in [0.25, 0.3) is 0 Å². The summed E-state index contributed by atoms with van der Waals surface area (Å²) < 4.78 is 0. The number of thioether (sulfide) groups is 1. The van der Waals surface area contributed by atoms with Crippen LogP contribution in [-0.4, -0.2) is 40.4 Å². The molecule has 0 spiro atoms. The minimum atomic E-state index is -0.162. The predicted octanol–water partition coefficient (Wildman–Crippen LogP) is 2.32. The fourth-order valence-corrected chi connectivity index (χ4v) is 2.67.